The first-order chi connectivity index (χ1) is 13.7. The molecule has 0 fully saturated rings. The van der Waals surface area contributed by atoms with Crippen molar-refractivity contribution in [2.24, 2.45) is 20.0 Å². The molecule has 0 aliphatic rings. The molecule has 2 heterocycles. The number of hydrogen-bond acceptors (Lipinski definition) is 5. The summed E-state index contributed by atoms with van der Waals surface area (Å²) in [5.74, 6) is 0.765. The van der Waals surface area contributed by atoms with Gasteiger partial charge in [0.25, 0.3) is 11.1 Å². The number of aromatic nitrogens is 4. The predicted octanol–water partition coefficient (Wildman–Crippen LogP) is 2.79. The number of halogens is 1. The molecule has 0 saturated carbocycles. The third kappa shape index (κ3) is 4.48. The Morgan fingerprint density at radius 3 is 2.52 bits per heavy atom. The van der Waals surface area contributed by atoms with E-state index in [2.05, 4.69) is 18.8 Å². The monoisotopic (exact) mass is 434 g/mol. The van der Waals surface area contributed by atoms with Gasteiger partial charge in [-0.15, -0.1) is 0 Å². The molecular weight excluding hydrogens is 412 g/mol. The second-order valence-electron chi connectivity index (χ2n) is 7.36. The van der Waals surface area contributed by atoms with Gasteiger partial charge in [-0.2, -0.15) is 0 Å². The Morgan fingerprint density at radius 1 is 1.10 bits per heavy atom. The molecule has 2 aromatic heterocycles. The van der Waals surface area contributed by atoms with Crippen molar-refractivity contribution in [1.82, 2.24) is 18.7 Å². The first-order valence-electron chi connectivity index (χ1n) is 9.28. The van der Waals surface area contributed by atoms with Crippen molar-refractivity contribution < 1.29 is 0 Å². The minimum atomic E-state index is -0.386. The molecule has 0 atom stereocenters. The highest BCUT2D eigenvalue weighted by molar-refractivity contribution is 7.98. The van der Waals surface area contributed by atoms with E-state index in [0.717, 1.165) is 11.0 Å². The fourth-order valence-electron chi connectivity index (χ4n) is 2.92. The molecule has 3 aromatic rings. The molecule has 154 valence electrons. The fraction of sp³-hybridized carbons (Fsp3) is 0.400. The van der Waals surface area contributed by atoms with Gasteiger partial charge in [0, 0.05) is 43.2 Å². The summed E-state index contributed by atoms with van der Waals surface area (Å²) in [7, 11) is 3.07. The summed E-state index contributed by atoms with van der Waals surface area (Å²) in [6, 6.07) is 6.48. The normalized spacial score (nSPS) is 11.5. The van der Waals surface area contributed by atoms with Crippen LogP contribution in [0.2, 0.25) is 5.02 Å². The lowest BCUT2D eigenvalue weighted by molar-refractivity contribution is 0.481. The van der Waals surface area contributed by atoms with Crippen molar-refractivity contribution in [3.63, 3.8) is 0 Å². The van der Waals surface area contributed by atoms with E-state index in [9.17, 15) is 14.4 Å². The zero-order chi connectivity index (χ0) is 21.3. The van der Waals surface area contributed by atoms with Gasteiger partial charge in [0.05, 0.1) is 10.9 Å². The summed E-state index contributed by atoms with van der Waals surface area (Å²) in [6.07, 6.45) is 0.832. The molecule has 0 amide bonds. The highest BCUT2D eigenvalue weighted by Gasteiger charge is 2.14. The van der Waals surface area contributed by atoms with Gasteiger partial charge >= 0.3 is 5.69 Å². The fourth-order valence-corrected chi connectivity index (χ4v) is 4.14. The molecule has 0 bridgehead atoms. The maximum absolute atomic E-state index is 13.1. The van der Waals surface area contributed by atoms with Gasteiger partial charge in [0.2, 0.25) is 0 Å². The minimum absolute atomic E-state index is 0.118. The van der Waals surface area contributed by atoms with Crippen LogP contribution in [0.5, 0.6) is 0 Å². The first-order valence-corrected chi connectivity index (χ1v) is 10.6. The Balaban J connectivity index is 2.05. The van der Waals surface area contributed by atoms with Gasteiger partial charge in [-0.3, -0.25) is 23.3 Å². The van der Waals surface area contributed by atoms with Crippen LogP contribution in [-0.4, -0.2) is 18.7 Å². The van der Waals surface area contributed by atoms with E-state index in [1.54, 1.807) is 29.8 Å². The van der Waals surface area contributed by atoms with Crippen LogP contribution < -0.4 is 16.8 Å². The molecule has 0 aliphatic carbocycles. The minimum Gasteiger partial charge on any atom is -0.300 e. The standard InChI is InChI=1S/C20H23ClN4O3S/c1-12(2)7-8-25-18(27)15-6-5-13(21)9-16(15)22-19(25)29-11-14-10-17(26)24(4)20(28)23(14)3/h5-6,9-10,12H,7-8,11H2,1-4H3. The second kappa shape index (κ2) is 8.59. The summed E-state index contributed by atoms with van der Waals surface area (Å²) in [6.45, 7) is 4.74. The second-order valence-corrected chi connectivity index (χ2v) is 8.74. The van der Waals surface area contributed by atoms with Gasteiger partial charge in [-0.05, 0) is 30.5 Å². The molecular formula is C20H23ClN4O3S. The van der Waals surface area contributed by atoms with Gasteiger partial charge in [0.1, 0.15) is 0 Å². The molecule has 0 aliphatic heterocycles. The quantitative estimate of drug-likeness (QED) is 0.440. The number of fused-ring (bicyclic) bond motifs is 1. The third-order valence-electron chi connectivity index (χ3n) is 4.79. The van der Waals surface area contributed by atoms with Crippen LogP contribution >= 0.6 is 23.4 Å². The van der Waals surface area contributed by atoms with E-state index in [-0.39, 0.29) is 16.8 Å². The van der Waals surface area contributed by atoms with Crippen LogP contribution in [0.3, 0.4) is 0 Å². The topological polar surface area (TPSA) is 78.9 Å². The molecule has 0 spiro atoms. The van der Waals surface area contributed by atoms with E-state index < -0.39 is 0 Å². The molecule has 7 nitrogen and oxygen atoms in total. The SMILES string of the molecule is CC(C)CCn1c(SCc2cc(=O)n(C)c(=O)n2C)nc2cc(Cl)ccc2c1=O. The lowest BCUT2D eigenvalue weighted by Gasteiger charge is -2.15. The average molecular weight is 435 g/mol. The molecule has 29 heavy (non-hydrogen) atoms. The maximum atomic E-state index is 13.1. The molecule has 0 saturated heterocycles. The van der Waals surface area contributed by atoms with Crippen LogP contribution in [0.4, 0.5) is 0 Å². The van der Waals surface area contributed by atoms with Crippen LogP contribution in [0.15, 0.2) is 43.8 Å². The van der Waals surface area contributed by atoms with Crippen LogP contribution in [-0.2, 0) is 26.4 Å². The number of hydrogen-bond donors (Lipinski definition) is 0. The molecule has 3 rings (SSSR count). The predicted molar refractivity (Wildman–Crippen MR) is 117 cm³/mol. The highest BCUT2D eigenvalue weighted by atomic mass is 35.5. The van der Waals surface area contributed by atoms with E-state index in [0.29, 0.717) is 45.0 Å². The van der Waals surface area contributed by atoms with Crippen molar-refractivity contribution in [2.75, 3.05) is 0 Å². The van der Waals surface area contributed by atoms with Gasteiger partial charge < -0.3 is 0 Å². The van der Waals surface area contributed by atoms with Gasteiger partial charge in [-0.1, -0.05) is 37.2 Å². The van der Waals surface area contributed by atoms with Crippen molar-refractivity contribution in [3.05, 3.63) is 66.2 Å². The molecule has 0 radical (unpaired) electrons. The third-order valence-corrected chi connectivity index (χ3v) is 6.03. The molecule has 1 aromatic carbocycles. The summed E-state index contributed by atoms with van der Waals surface area (Å²) >= 11 is 7.40. The zero-order valence-corrected chi connectivity index (χ0v) is 18.4. The number of rotatable bonds is 6. The molecule has 9 heteroatoms. The van der Waals surface area contributed by atoms with Crippen molar-refractivity contribution >= 4 is 34.3 Å². The van der Waals surface area contributed by atoms with E-state index in [1.807, 2.05) is 0 Å². The summed E-state index contributed by atoms with van der Waals surface area (Å²) in [5.41, 5.74) is 0.234. The number of thioether (sulfide) groups is 1. The Bertz CT molecular complexity index is 1240. The average Bonchev–Trinajstić information content (AvgIpc) is 2.67. The molecule has 0 unspecified atom stereocenters. The van der Waals surface area contributed by atoms with E-state index in [1.165, 1.54) is 29.4 Å². The van der Waals surface area contributed by atoms with Crippen molar-refractivity contribution in [2.45, 2.75) is 37.7 Å². The first kappa shape index (κ1) is 21.4. The molecule has 0 N–H and O–H groups in total. The van der Waals surface area contributed by atoms with Crippen LogP contribution in [0.1, 0.15) is 26.0 Å². The van der Waals surface area contributed by atoms with E-state index in [4.69, 9.17) is 11.6 Å². The van der Waals surface area contributed by atoms with Crippen LogP contribution in [0.25, 0.3) is 10.9 Å². The van der Waals surface area contributed by atoms with E-state index >= 15 is 0 Å². The Labute approximate surface area is 177 Å². The maximum Gasteiger partial charge on any atom is 0.330 e. The summed E-state index contributed by atoms with van der Waals surface area (Å²) < 4.78 is 4.16. The lowest BCUT2D eigenvalue weighted by Crippen LogP contribution is -2.37. The lowest BCUT2D eigenvalue weighted by atomic mass is 10.1. The number of benzene rings is 1. The van der Waals surface area contributed by atoms with Crippen LogP contribution in [0, 0.1) is 5.92 Å². The zero-order valence-electron chi connectivity index (χ0n) is 16.8. The number of nitrogens with zero attached hydrogens (tertiary/aromatic N) is 4. The largest absolute Gasteiger partial charge is 0.330 e. The van der Waals surface area contributed by atoms with Crippen molar-refractivity contribution in [3.8, 4) is 0 Å². The smallest absolute Gasteiger partial charge is 0.300 e. The Morgan fingerprint density at radius 2 is 1.83 bits per heavy atom. The van der Waals surface area contributed by atoms with Gasteiger partial charge in [-0.25, -0.2) is 9.78 Å². The van der Waals surface area contributed by atoms with Gasteiger partial charge in [0.15, 0.2) is 5.16 Å². The highest BCUT2D eigenvalue weighted by Crippen LogP contribution is 2.23. The summed E-state index contributed by atoms with van der Waals surface area (Å²) in [4.78, 5) is 41.9. The van der Waals surface area contributed by atoms with Crippen molar-refractivity contribution in [1.29, 1.82) is 0 Å². The summed E-state index contributed by atoms with van der Waals surface area (Å²) in [5, 5.41) is 1.57. The Kier molecular flexibility index (Phi) is 6.33. The Hall–Kier alpha value is -2.32.